The molecule has 7 heteroatoms. The molecular formula is C13H17N3O3S. The number of aryl methyl sites for hydroxylation is 1. The molecule has 1 atom stereocenters. The summed E-state index contributed by atoms with van der Waals surface area (Å²) < 4.78 is 10.7. The summed E-state index contributed by atoms with van der Waals surface area (Å²) in [6.07, 6.45) is 2.47. The number of amides is 1. The Hall–Kier alpha value is -1.76. The van der Waals surface area contributed by atoms with Crippen LogP contribution in [0.25, 0.3) is 11.5 Å². The number of nitrogens with one attached hydrogen (secondary N) is 1. The molecule has 2 heterocycles. The fraction of sp³-hybridized carbons (Fsp3) is 0.462. The van der Waals surface area contributed by atoms with E-state index in [1.165, 1.54) is 11.8 Å². The maximum absolute atomic E-state index is 11.6. The van der Waals surface area contributed by atoms with Crippen LogP contribution in [0.4, 0.5) is 0 Å². The molecule has 1 N–H and O–H groups in total. The predicted octanol–water partition coefficient (Wildman–Crippen LogP) is 2.64. The van der Waals surface area contributed by atoms with E-state index in [2.05, 4.69) is 15.5 Å². The number of aromatic nitrogens is 2. The van der Waals surface area contributed by atoms with E-state index in [9.17, 15) is 4.79 Å². The number of hydrogen-bond acceptors (Lipinski definition) is 6. The van der Waals surface area contributed by atoms with E-state index in [1.54, 1.807) is 12.3 Å². The van der Waals surface area contributed by atoms with Gasteiger partial charge in [0.25, 0.3) is 11.1 Å². The molecule has 0 aliphatic carbocycles. The molecule has 2 aromatic heterocycles. The Balaban J connectivity index is 1.91. The first kappa shape index (κ1) is 14.6. The summed E-state index contributed by atoms with van der Waals surface area (Å²) in [6.45, 7) is 5.82. The number of hydrogen-bond donors (Lipinski definition) is 1. The van der Waals surface area contributed by atoms with Crippen molar-refractivity contribution in [1.82, 2.24) is 15.5 Å². The molecule has 0 aromatic carbocycles. The second-order valence-electron chi connectivity index (χ2n) is 4.43. The fourth-order valence-corrected chi connectivity index (χ4v) is 2.10. The van der Waals surface area contributed by atoms with Crippen LogP contribution in [0.1, 0.15) is 26.0 Å². The summed E-state index contributed by atoms with van der Waals surface area (Å²) in [5, 5.41) is 11.1. The molecule has 0 aliphatic rings. The zero-order valence-electron chi connectivity index (χ0n) is 11.7. The second kappa shape index (κ2) is 6.60. The minimum absolute atomic E-state index is 0.0383. The molecule has 2 aromatic rings. The Kier molecular flexibility index (Phi) is 4.84. The average Bonchev–Trinajstić information content (AvgIpc) is 3.04. The Bertz CT molecular complexity index is 579. The van der Waals surface area contributed by atoms with Crippen molar-refractivity contribution in [3.63, 3.8) is 0 Å². The minimum Gasteiger partial charge on any atom is -0.469 e. The smallest absolute Gasteiger partial charge is 0.277 e. The lowest BCUT2D eigenvalue weighted by atomic mass is 10.3. The Labute approximate surface area is 121 Å². The van der Waals surface area contributed by atoms with Crippen molar-refractivity contribution in [3.8, 4) is 11.5 Å². The van der Waals surface area contributed by atoms with E-state index in [1.807, 2.05) is 20.8 Å². The highest BCUT2D eigenvalue weighted by Crippen LogP contribution is 2.26. The minimum atomic E-state index is -0.0383. The van der Waals surface area contributed by atoms with Gasteiger partial charge in [-0.3, -0.25) is 4.79 Å². The highest BCUT2D eigenvalue weighted by molar-refractivity contribution is 7.99. The summed E-state index contributed by atoms with van der Waals surface area (Å²) in [7, 11) is 0. The standard InChI is InChI=1S/C13H17N3O3S/c1-4-8(2)14-11(17)7-20-13-16-15-12(19-13)10-5-6-18-9(10)3/h5-6,8H,4,7H2,1-3H3,(H,14,17)/t8-/m0/s1. The van der Waals surface area contributed by atoms with Crippen LogP contribution in [0.15, 0.2) is 26.4 Å². The van der Waals surface area contributed by atoms with E-state index >= 15 is 0 Å². The number of carbonyl (C=O) groups is 1. The van der Waals surface area contributed by atoms with Crippen molar-refractivity contribution in [2.75, 3.05) is 5.75 Å². The zero-order valence-corrected chi connectivity index (χ0v) is 12.5. The summed E-state index contributed by atoms with van der Waals surface area (Å²) in [4.78, 5) is 11.6. The van der Waals surface area contributed by atoms with E-state index in [0.29, 0.717) is 11.1 Å². The number of furan rings is 1. The van der Waals surface area contributed by atoms with Crippen LogP contribution < -0.4 is 5.32 Å². The Morgan fingerprint density at radius 1 is 1.50 bits per heavy atom. The molecule has 0 saturated carbocycles. The molecule has 108 valence electrons. The Morgan fingerprint density at radius 3 is 2.95 bits per heavy atom. The molecule has 2 rings (SSSR count). The van der Waals surface area contributed by atoms with Gasteiger partial charge in [-0.05, 0) is 26.3 Å². The van der Waals surface area contributed by atoms with Gasteiger partial charge in [0.05, 0.1) is 17.6 Å². The maximum Gasteiger partial charge on any atom is 0.277 e. The van der Waals surface area contributed by atoms with Gasteiger partial charge in [-0.25, -0.2) is 0 Å². The van der Waals surface area contributed by atoms with Crippen LogP contribution in [-0.2, 0) is 4.79 Å². The maximum atomic E-state index is 11.6. The van der Waals surface area contributed by atoms with Crippen LogP contribution in [0.5, 0.6) is 0 Å². The van der Waals surface area contributed by atoms with Crippen LogP contribution in [0, 0.1) is 6.92 Å². The zero-order chi connectivity index (χ0) is 14.5. The number of rotatable bonds is 6. The largest absolute Gasteiger partial charge is 0.469 e. The van der Waals surface area contributed by atoms with Crippen LogP contribution in [-0.4, -0.2) is 27.9 Å². The van der Waals surface area contributed by atoms with E-state index in [4.69, 9.17) is 8.83 Å². The van der Waals surface area contributed by atoms with Crippen molar-refractivity contribution in [1.29, 1.82) is 0 Å². The molecule has 0 radical (unpaired) electrons. The van der Waals surface area contributed by atoms with E-state index in [0.717, 1.165) is 17.7 Å². The molecule has 0 saturated heterocycles. The number of nitrogens with zero attached hydrogens (tertiary/aromatic N) is 2. The molecule has 6 nitrogen and oxygen atoms in total. The van der Waals surface area contributed by atoms with Gasteiger partial charge in [-0.1, -0.05) is 18.7 Å². The SMILES string of the molecule is CC[C@H](C)NC(=O)CSc1nnc(-c2ccoc2C)o1. The molecule has 0 spiro atoms. The molecule has 0 unspecified atom stereocenters. The highest BCUT2D eigenvalue weighted by Gasteiger charge is 2.14. The molecular weight excluding hydrogens is 278 g/mol. The van der Waals surface area contributed by atoms with Gasteiger partial charge >= 0.3 is 0 Å². The second-order valence-corrected chi connectivity index (χ2v) is 5.36. The van der Waals surface area contributed by atoms with Gasteiger partial charge in [0.15, 0.2) is 0 Å². The van der Waals surface area contributed by atoms with Gasteiger partial charge in [0.1, 0.15) is 5.76 Å². The summed E-state index contributed by atoms with van der Waals surface area (Å²) in [5.41, 5.74) is 0.772. The van der Waals surface area contributed by atoms with Gasteiger partial charge in [-0.2, -0.15) is 0 Å². The molecule has 0 fully saturated rings. The Morgan fingerprint density at radius 2 is 2.30 bits per heavy atom. The molecule has 1 amide bonds. The average molecular weight is 295 g/mol. The lowest BCUT2D eigenvalue weighted by molar-refractivity contribution is -0.119. The van der Waals surface area contributed by atoms with Crippen LogP contribution in [0.3, 0.4) is 0 Å². The molecule has 20 heavy (non-hydrogen) atoms. The van der Waals surface area contributed by atoms with Crippen molar-refractivity contribution >= 4 is 17.7 Å². The van der Waals surface area contributed by atoms with E-state index in [-0.39, 0.29) is 17.7 Å². The van der Waals surface area contributed by atoms with Crippen LogP contribution in [0.2, 0.25) is 0 Å². The third-order valence-corrected chi connectivity index (χ3v) is 3.66. The van der Waals surface area contributed by atoms with Gasteiger partial charge in [0.2, 0.25) is 5.91 Å². The third-order valence-electron chi connectivity index (χ3n) is 2.84. The number of carbonyl (C=O) groups excluding carboxylic acids is 1. The lowest BCUT2D eigenvalue weighted by Gasteiger charge is -2.09. The molecule has 0 bridgehead atoms. The first-order chi connectivity index (χ1) is 9.60. The third kappa shape index (κ3) is 3.63. The highest BCUT2D eigenvalue weighted by atomic mass is 32.2. The van der Waals surface area contributed by atoms with Crippen molar-refractivity contribution < 1.29 is 13.6 Å². The first-order valence-electron chi connectivity index (χ1n) is 6.40. The van der Waals surface area contributed by atoms with Gasteiger partial charge in [-0.15, -0.1) is 10.2 Å². The first-order valence-corrected chi connectivity index (χ1v) is 7.38. The van der Waals surface area contributed by atoms with Gasteiger partial charge in [0, 0.05) is 6.04 Å². The van der Waals surface area contributed by atoms with Crippen molar-refractivity contribution in [3.05, 3.63) is 18.1 Å². The topological polar surface area (TPSA) is 81.2 Å². The van der Waals surface area contributed by atoms with Crippen molar-refractivity contribution in [2.45, 2.75) is 38.5 Å². The molecule has 0 aliphatic heterocycles. The monoisotopic (exact) mass is 295 g/mol. The normalized spacial score (nSPS) is 12.3. The summed E-state index contributed by atoms with van der Waals surface area (Å²) >= 11 is 1.22. The summed E-state index contributed by atoms with van der Waals surface area (Å²) in [5.74, 6) is 1.35. The van der Waals surface area contributed by atoms with Gasteiger partial charge < -0.3 is 14.2 Å². The number of thioether (sulfide) groups is 1. The van der Waals surface area contributed by atoms with E-state index < -0.39 is 0 Å². The quantitative estimate of drug-likeness (QED) is 0.825. The van der Waals surface area contributed by atoms with Crippen LogP contribution >= 0.6 is 11.8 Å². The predicted molar refractivity (Wildman–Crippen MR) is 75.4 cm³/mol. The van der Waals surface area contributed by atoms with Crippen molar-refractivity contribution in [2.24, 2.45) is 0 Å². The summed E-state index contributed by atoms with van der Waals surface area (Å²) in [6, 6.07) is 1.95. The lowest BCUT2D eigenvalue weighted by Crippen LogP contribution is -2.33. The fourth-order valence-electron chi connectivity index (χ4n) is 1.53.